The fourth-order valence-corrected chi connectivity index (χ4v) is 1.05. The van der Waals surface area contributed by atoms with Crippen molar-refractivity contribution in [3.63, 3.8) is 0 Å². The molecule has 0 aliphatic heterocycles. The first-order valence-corrected chi connectivity index (χ1v) is 4.68. The fourth-order valence-electron chi connectivity index (χ4n) is 1.05. The molecule has 0 bridgehead atoms. The van der Waals surface area contributed by atoms with E-state index in [-0.39, 0.29) is 11.7 Å². The molecule has 15 heavy (non-hydrogen) atoms. The zero-order valence-electron chi connectivity index (χ0n) is 8.60. The van der Waals surface area contributed by atoms with Gasteiger partial charge in [0.1, 0.15) is 5.69 Å². The Hall–Kier alpha value is -1.68. The number of aromatic nitrogens is 1. The third-order valence-corrected chi connectivity index (χ3v) is 1.98. The summed E-state index contributed by atoms with van der Waals surface area (Å²) in [6, 6.07) is 5.13. The molecule has 0 spiro atoms. The molecule has 0 amide bonds. The largest absolute Gasteiger partial charge is 0.477 e. The molecule has 80 valence electrons. The molecule has 0 fully saturated rings. The zero-order valence-corrected chi connectivity index (χ0v) is 8.60. The maximum atomic E-state index is 10.6. The van der Waals surface area contributed by atoms with Gasteiger partial charge in [-0.1, -0.05) is 12.1 Å². The van der Waals surface area contributed by atoms with E-state index in [2.05, 4.69) is 16.9 Å². The lowest BCUT2D eigenvalue weighted by atomic mass is 10.2. The average molecular weight is 206 g/mol. The summed E-state index contributed by atoms with van der Waals surface area (Å²) < 4.78 is 0. The Labute approximate surface area is 88.7 Å². The summed E-state index contributed by atoms with van der Waals surface area (Å²) in [5.74, 6) is -1.01. The van der Waals surface area contributed by atoms with Gasteiger partial charge in [-0.05, 0) is 19.1 Å². The second-order valence-corrected chi connectivity index (χ2v) is 3.22. The van der Waals surface area contributed by atoms with Crippen LogP contribution < -0.4 is 5.32 Å². The molecule has 1 rings (SSSR count). The van der Waals surface area contributed by atoms with Crippen LogP contribution >= 0.6 is 0 Å². The van der Waals surface area contributed by atoms with Crippen molar-refractivity contribution in [2.24, 2.45) is 0 Å². The normalized spacial score (nSPS) is 12.1. The first kappa shape index (κ1) is 11.4. The first-order valence-electron chi connectivity index (χ1n) is 4.68. The van der Waals surface area contributed by atoms with Crippen molar-refractivity contribution in [1.29, 1.82) is 0 Å². The number of pyridine rings is 1. The standard InChI is InChI=1S/C11H14N2O2/c1-3-8(2)12-7-9-5-4-6-10(13-9)11(14)15/h3-6,8,12H,1,7H2,2H3,(H,14,15). The number of rotatable bonds is 5. The van der Waals surface area contributed by atoms with Crippen LogP contribution in [0.25, 0.3) is 0 Å². The number of carbonyl (C=O) groups is 1. The lowest BCUT2D eigenvalue weighted by molar-refractivity contribution is 0.0690. The quantitative estimate of drug-likeness (QED) is 0.716. The molecule has 0 aliphatic carbocycles. The molecule has 1 heterocycles. The van der Waals surface area contributed by atoms with Gasteiger partial charge in [0.05, 0.1) is 5.69 Å². The third kappa shape index (κ3) is 3.52. The highest BCUT2D eigenvalue weighted by Gasteiger charge is 2.05. The van der Waals surface area contributed by atoms with Gasteiger partial charge >= 0.3 is 5.97 Å². The van der Waals surface area contributed by atoms with Gasteiger partial charge in [-0.25, -0.2) is 9.78 Å². The number of nitrogens with zero attached hydrogens (tertiary/aromatic N) is 1. The molecule has 0 aliphatic rings. The molecule has 1 atom stereocenters. The van der Waals surface area contributed by atoms with E-state index in [9.17, 15) is 4.79 Å². The maximum Gasteiger partial charge on any atom is 0.354 e. The second-order valence-electron chi connectivity index (χ2n) is 3.22. The van der Waals surface area contributed by atoms with Crippen LogP contribution in [0.3, 0.4) is 0 Å². The first-order chi connectivity index (χ1) is 7.13. The Kier molecular flexibility index (Phi) is 4.00. The summed E-state index contributed by atoms with van der Waals surface area (Å²) in [5.41, 5.74) is 0.782. The van der Waals surface area contributed by atoms with Crippen LogP contribution in [0.2, 0.25) is 0 Å². The van der Waals surface area contributed by atoms with Crippen LogP contribution in [0.5, 0.6) is 0 Å². The minimum atomic E-state index is -1.01. The van der Waals surface area contributed by atoms with Gasteiger partial charge < -0.3 is 10.4 Å². The Morgan fingerprint density at radius 1 is 1.73 bits per heavy atom. The highest BCUT2D eigenvalue weighted by molar-refractivity contribution is 5.85. The Balaban J connectivity index is 2.65. The van der Waals surface area contributed by atoms with Crippen molar-refractivity contribution in [2.45, 2.75) is 19.5 Å². The van der Waals surface area contributed by atoms with Gasteiger partial charge in [-0.3, -0.25) is 0 Å². The molecule has 0 radical (unpaired) electrons. The smallest absolute Gasteiger partial charge is 0.354 e. The molecule has 0 aromatic carbocycles. The van der Waals surface area contributed by atoms with Crippen LogP contribution in [0.4, 0.5) is 0 Å². The van der Waals surface area contributed by atoms with Crippen LogP contribution in [-0.4, -0.2) is 22.1 Å². The van der Waals surface area contributed by atoms with Crippen molar-refractivity contribution in [1.82, 2.24) is 10.3 Å². The summed E-state index contributed by atoms with van der Waals surface area (Å²) >= 11 is 0. The van der Waals surface area contributed by atoms with Crippen molar-refractivity contribution in [3.8, 4) is 0 Å². The minimum Gasteiger partial charge on any atom is -0.477 e. The molecule has 1 unspecified atom stereocenters. The number of carboxylic acids is 1. The molecule has 4 heteroatoms. The molecular formula is C11H14N2O2. The van der Waals surface area contributed by atoms with Crippen LogP contribution in [0, 0.1) is 0 Å². The van der Waals surface area contributed by atoms with Crippen molar-refractivity contribution in [2.75, 3.05) is 0 Å². The van der Waals surface area contributed by atoms with Gasteiger partial charge in [0.2, 0.25) is 0 Å². The van der Waals surface area contributed by atoms with E-state index in [0.717, 1.165) is 0 Å². The van der Waals surface area contributed by atoms with E-state index >= 15 is 0 Å². The number of nitrogens with one attached hydrogen (secondary N) is 1. The van der Waals surface area contributed by atoms with Gasteiger partial charge in [-0.2, -0.15) is 0 Å². The highest BCUT2D eigenvalue weighted by Crippen LogP contribution is 1.99. The Morgan fingerprint density at radius 2 is 2.47 bits per heavy atom. The van der Waals surface area contributed by atoms with E-state index in [4.69, 9.17) is 5.11 Å². The molecule has 0 saturated carbocycles. The van der Waals surface area contributed by atoms with Crippen LogP contribution in [0.1, 0.15) is 23.1 Å². The SMILES string of the molecule is C=CC(C)NCc1cccc(C(=O)O)n1. The maximum absolute atomic E-state index is 10.6. The molecule has 0 saturated heterocycles. The Bertz CT molecular complexity index is 363. The van der Waals surface area contributed by atoms with Gasteiger partial charge in [-0.15, -0.1) is 6.58 Å². The topological polar surface area (TPSA) is 62.2 Å². The monoisotopic (exact) mass is 206 g/mol. The van der Waals surface area contributed by atoms with E-state index in [1.54, 1.807) is 18.2 Å². The summed E-state index contributed by atoms with van der Waals surface area (Å²) in [6.45, 7) is 6.14. The Morgan fingerprint density at radius 3 is 3.07 bits per heavy atom. The number of aromatic carboxylic acids is 1. The van der Waals surface area contributed by atoms with Crippen molar-refractivity contribution in [3.05, 3.63) is 42.2 Å². The predicted molar refractivity (Wildman–Crippen MR) is 57.7 cm³/mol. The molecular weight excluding hydrogens is 192 g/mol. The summed E-state index contributed by atoms with van der Waals surface area (Å²) in [7, 11) is 0. The highest BCUT2D eigenvalue weighted by atomic mass is 16.4. The van der Waals surface area contributed by atoms with Gasteiger partial charge in [0, 0.05) is 12.6 Å². The minimum absolute atomic E-state index is 0.0700. The van der Waals surface area contributed by atoms with E-state index in [0.29, 0.717) is 12.2 Å². The molecule has 1 aromatic heterocycles. The molecule has 1 aromatic rings. The number of carboxylic acid groups (broad SMARTS) is 1. The average Bonchev–Trinajstić information content (AvgIpc) is 2.26. The number of hydrogen-bond acceptors (Lipinski definition) is 3. The third-order valence-electron chi connectivity index (χ3n) is 1.98. The van der Waals surface area contributed by atoms with Crippen molar-refractivity contribution >= 4 is 5.97 Å². The van der Waals surface area contributed by atoms with Crippen LogP contribution in [-0.2, 0) is 6.54 Å². The lowest BCUT2D eigenvalue weighted by Gasteiger charge is -2.08. The predicted octanol–water partition coefficient (Wildman–Crippen LogP) is 1.44. The zero-order chi connectivity index (χ0) is 11.3. The van der Waals surface area contributed by atoms with Gasteiger partial charge in [0.15, 0.2) is 0 Å². The summed E-state index contributed by atoms with van der Waals surface area (Å²) in [6.07, 6.45) is 1.78. The van der Waals surface area contributed by atoms with Gasteiger partial charge in [0.25, 0.3) is 0 Å². The van der Waals surface area contributed by atoms with E-state index in [1.807, 2.05) is 6.92 Å². The number of hydrogen-bond donors (Lipinski definition) is 2. The summed E-state index contributed by atoms with van der Waals surface area (Å²) in [4.78, 5) is 14.6. The van der Waals surface area contributed by atoms with Crippen LogP contribution in [0.15, 0.2) is 30.9 Å². The fraction of sp³-hybridized carbons (Fsp3) is 0.273. The van der Waals surface area contributed by atoms with Crippen molar-refractivity contribution < 1.29 is 9.90 Å². The lowest BCUT2D eigenvalue weighted by Crippen LogP contribution is -2.23. The second kappa shape index (κ2) is 5.26. The molecule has 4 nitrogen and oxygen atoms in total. The summed E-state index contributed by atoms with van der Waals surface area (Å²) in [5, 5.41) is 11.9. The van der Waals surface area contributed by atoms with E-state index < -0.39 is 5.97 Å². The van der Waals surface area contributed by atoms with E-state index in [1.165, 1.54) is 6.07 Å². The molecule has 2 N–H and O–H groups in total.